The van der Waals surface area contributed by atoms with Crippen LogP contribution in [0.5, 0.6) is 0 Å². The van der Waals surface area contributed by atoms with Crippen molar-refractivity contribution in [3.8, 4) is 0 Å². The van der Waals surface area contributed by atoms with E-state index in [1.54, 1.807) is 11.9 Å². The standard InChI is InChI=1S/C34H51N7O2S/c1-4-25(20-26-6-5-7-30(21-26)44-41-18-12-29(35)13-19-41)23-40-16-10-27(11-17-40)28-8-9-31(32(22-28)37-2)34(36)39(3)15-14-33(43)38-24-42/h5-9,21-22,24-25,27,29,36-37H,4,10-20,23,35H2,1-3H3,(H,38,42,43). The van der Waals surface area contributed by atoms with Crippen LogP contribution in [-0.2, 0) is 16.0 Å². The first-order valence-corrected chi connectivity index (χ1v) is 16.9. The Morgan fingerprint density at radius 1 is 1.14 bits per heavy atom. The van der Waals surface area contributed by atoms with Crippen molar-refractivity contribution in [3.05, 3.63) is 59.2 Å². The average molecular weight is 622 g/mol. The number of amides is 2. The van der Waals surface area contributed by atoms with Gasteiger partial charge >= 0.3 is 0 Å². The number of hydrogen-bond acceptors (Lipinski definition) is 8. The van der Waals surface area contributed by atoms with E-state index >= 15 is 0 Å². The molecule has 1 unspecified atom stereocenters. The molecule has 2 aliphatic rings. The number of piperidine rings is 2. The van der Waals surface area contributed by atoms with Crippen LogP contribution in [0.25, 0.3) is 0 Å². The van der Waals surface area contributed by atoms with E-state index in [-0.39, 0.29) is 12.3 Å². The maximum Gasteiger partial charge on any atom is 0.228 e. The number of nitrogens with one attached hydrogen (secondary N) is 3. The van der Waals surface area contributed by atoms with Crippen molar-refractivity contribution in [2.45, 2.75) is 68.7 Å². The largest absolute Gasteiger partial charge is 0.388 e. The number of rotatable bonds is 14. The summed E-state index contributed by atoms with van der Waals surface area (Å²) in [6.45, 7) is 8.16. The smallest absolute Gasteiger partial charge is 0.228 e. The summed E-state index contributed by atoms with van der Waals surface area (Å²) >= 11 is 1.88. The molecule has 4 rings (SSSR count). The fraction of sp³-hybridized carbons (Fsp3) is 0.559. The Bertz CT molecular complexity index is 1240. The van der Waals surface area contributed by atoms with Gasteiger partial charge in [0.25, 0.3) is 0 Å². The molecule has 10 heteroatoms. The van der Waals surface area contributed by atoms with Crippen molar-refractivity contribution < 1.29 is 9.59 Å². The van der Waals surface area contributed by atoms with E-state index in [4.69, 9.17) is 11.1 Å². The predicted molar refractivity (Wildman–Crippen MR) is 181 cm³/mol. The number of imide groups is 1. The van der Waals surface area contributed by atoms with Gasteiger partial charge in [-0.05, 0) is 104 Å². The molecule has 2 aliphatic heterocycles. The lowest BCUT2D eigenvalue weighted by Gasteiger charge is -2.34. The van der Waals surface area contributed by atoms with E-state index in [9.17, 15) is 9.59 Å². The zero-order chi connectivity index (χ0) is 31.5. The first-order valence-electron chi connectivity index (χ1n) is 16.1. The molecule has 44 heavy (non-hydrogen) atoms. The van der Waals surface area contributed by atoms with Crippen LogP contribution in [0, 0.1) is 11.3 Å². The van der Waals surface area contributed by atoms with E-state index in [2.05, 4.69) is 63.2 Å². The summed E-state index contributed by atoms with van der Waals surface area (Å²) < 4.78 is 2.46. The molecule has 2 heterocycles. The second-order valence-corrected chi connectivity index (χ2v) is 13.5. The minimum Gasteiger partial charge on any atom is -0.388 e. The molecule has 0 aliphatic carbocycles. The van der Waals surface area contributed by atoms with Gasteiger partial charge in [-0.25, -0.2) is 4.31 Å². The molecule has 0 radical (unpaired) electrons. The molecule has 1 atom stereocenters. The summed E-state index contributed by atoms with van der Waals surface area (Å²) in [5.41, 5.74) is 10.6. The molecule has 0 spiro atoms. The summed E-state index contributed by atoms with van der Waals surface area (Å²) in [4.78, 5) is 27.9. The van der Waals surface area contributed by atoms with Crippen molar-refractivity contribution in [2.24, 2.45) is 11.7 Å². The number of hydrogen-bond donors (Lipinski definition) is 4. The third-order valence-electron chi connectivity index (χ3n) is 9.15. The van der Waals surface area contributed by atoms with Crippen LogP contribution in [0.2, 0.25) is 0 Å². The van der Waals surface area contributed by atoms with Gasteiger partial charge in [0, 0.05) is 68.9 Å². The van der Waals surface area contributed by atoms with Gasteiger partial charge in [-0.1, -0.05) is 31.5 Å². The molecule has 0 bridgehead atoms. The molecule has 2 saturated heterocycles. The van der Waals surface area contributed by atoms with Gasteiger partial charge in [-0.15, -0.1) is 0 Å². The summed E-state index contributed by atoms with van der Waals surface area (Å²) in [5.74, 6) is 1.15. The number of nitrogens with zero attached hydrogens (tertiary/aromatic N) is 3. The highest BCUT2D eigenvalue weighted by Gasteiger charge is 2.24. The van der Waals surface area contributed by atoms with E-state index in [1.165, 1.54) is 22.4 Å². The highest BCUT2D eigenvalue weighted by molar-refractivity contribution is 7.97. The lowest BCUT2D eigenvalue weighted by molar-refractivity contribution is -0.125. The summed E-state index contributed by atoms with van der Waals surface area (Å²) in [6, 6.07) is 15.9. The monoisotopic (exact) mass is 621 g/mol. The number of carbonyl (C=O) groups is 2. The summed E-state index contributed by atoms with van der Waals surface area (Å²) in [7, 11) is 3.68. The van der Waals surface area contributed by atoms with Crippen molar-refractivity contribution in [3.63, 3.8) is 0 Å². The van der Waals surface area contributed by atoms with Crippen LogP contribution in [0.4, 0.5) is 5.69 Å². The molecule has 2 fully saturated rings. The van der Waals surface area contributed by atoms with Gasteiger partial charge in [0.05, 0.1) is 0 Å². The zero-order valence-corrected chi connectivity index (χ0v) is 27.5. The number of amidine groups is 1. The van der Waals surface area contributed by atoms with Gasteiger partial charge in [0.2, 0.25) is 12.3 Å². The van der Waals surface area contributed by atoms with Crippen LogP contribution >= 0.6 is 11.9 Å². The second-order valence-electron chi connectivity index (χ2n) is 12.3. The minimum atomic E-state index is -0.344. The molecule has 5 N–H and O–H groups in total. The van der Waals surface area contributed by atoms with Crippen molar-refractivity contribution in [1.82, 2.24) is 19.4 Å². The van der Waals surface area contributed by atoms with Crippen LogP contribution in [0.1, 0.15) is 68.1 Å². The minimum absolute atomic E-state index is 0.155. The van der Waals surface area contributed by atoms with Gasteiger partial charge in [-0.3, -0.25) is 20.3 Å². The molecule has 9 nitrogen and oxygen atoms in total. The number of likely N-dealkylation sites (tertiary alicyclic amines) is 1. The molecule has 2 aromatic rings. The maximum absolute atomic E-state index is 11.7. The Kier molecular flexibility index (Phi) is 13.1. The Morgan fingerprint density at radius 3 is 2.57 bits per heavy atom. The molecule has 0 aromatic heterocycles. The summed E-state index contributed by atoms with van der Waals surface area (Å²) in [6.07, 6.45) is 7.27. The maximum atomic E-state index is 11.7. The predicted octanol–water partition coefficient (Wildman–Crippen LogP) is 4.53. The molecule has 2 aromatic carbocycles. The van der Waals surface area contributed by atoms with E-state index < -0.39 is 0 Å². The highest BCUT2D eigenvalue weighted by Crippen LogP contribution is 2.32. The molecular formula is C34H51N7O2S. The fourth-order valence-electron chi connectivity index (χ4n) is 6.28. The third kappa shape index (κ3) is 9.79. The van der Waals surface area contributed by atoms with Crippen LogP contribution < -0.4 is 16.4 Å². The average Bonchev–Trinajstić information content (AvgIpc) is 3.04. The van der Waals surface area contributed by atoms with E-state index in [0.717, 1.165) is 76.1 Å². The van der Waals surface area contributed by atoms with Gasteiger partial charge in [0.1, 0.15) is 5.84 Å². The molecule has 240 valence electrons. The first-order chi connectivity index (χ1) is 21.3. The van der Waals surface area contributed by atoms with Crippen LogP contribution in [0.3, 0.4) is 0 Å². The number of benzene rings is 2. The quantitative estimate of drug-likeness (QED) is 0.105. The lowest BCUT2D eigenvalue weighted by atomic mass is 9.87. The highest BCUT2D eigenvalue weighted by atomic mass is 32.2. The van der Waals surface area contributed by atoms with Crippen LogP contribution in [-0.4, -0.2) is 91.7 Å². The third-order valence-corrected chi connectivity index (χ3v) is 10.2. The Labute approximate surface area is 267 Å². The normalized spacial score (nSPS) is 17.6. The molecular weight excluding hydrogens is 570 g/mol. The van der Waals surface area contributed by atoms with Gasteiger partial charge in [0.15, 0.2) is 0 Å². The molecule has 2 amide bonds. The van der Waals surface area contributed by atoms with Crippen LogP contribution in [0.15, 0.2) is 47.4 Å². The van der Waals surface area contributed by atoms with E-state index in [1.807, 2.05) is 25.1 Å². The number of carbonyl (C=O) groups excluding carboxylic acids is 2. The summed E-state index contributed by atoms with van der Waals surface area (Å²) in [5, 5.41) is 14.1. The van der Waals surface area contributed by atoms with Gasteiger partial charge < -0.3 is 20.9 Å². The topological polar surface area (TPSA) is 118 Å². The van der Waals surface area contributed by atoms with Crippen molar-refractivity contribution in [1.29, 1.82) is 5.41 Å². The lowest BCUT2D eigenvalue weighted by Crippen LogP contribution is -2.37. The fourth-order valence-corrected chi connectivity index (χ4v) is 7.32. The SMILES string of the molecule is CCC(Cc1cccc(SN2CCC(N)CC2)c1)CN1CCC(c2ccc(C(=N)N(C)CCC(=O)NC=O)c(NC)c2)CC1. The second kappa shape index (κ2) is 17.0. The van der Waals surface area contributed by atoms with Gasteiger partial charge in [-0.2, -0.15) is 0 Å². The van der Waals surface area contributed by atoms with Crippen molar-refractivity contribution >= 4 is 35.8 Å². The van der Waals surface area contributed by atoms with E-state index in [0.29, 0.717) is 36.7 Å². The zero-order valence-electron chi connectivity index (χ0n) is 26.7. The number of nitrogens with two attached hydrogens (primary N) is 1. The molecule has 0 saturated carbocycles. The Balaban J connectivity index is 1.27. The Hall–Kier alpha value is -2.92. The Morgan fingerprint density at radius 2 is 1.89 bits per heavy atom. The first kappa shape index (κ1) is 34.0. The van der Waals surface area contributed by atoms with Crippen molar-refractivity contribution in [2.75, 3.05) is 58.7 Å². The number of anilines is 1.